The molecule has 2 rings (SSSR count). The van der Waals surface area contributed by atoms with Gasteiger partial charge in [-0.05, 0) is 55.3 Å². The second kappa shape index (κ2) is 6.70. The first-order valence-corrected chi connectivity index (χ1v) is 6.64. The van der Waals surface area contributed by atoms with Crippen LogP contribution < -0.4 is 10.1 Å². The summed E-state index contributed by atoms with van der Waals surface area (Å²) >= 11 is 0. The van der Waals surface area contributed by atoms with Gasteiger partial charge in [-0.1, -0.05) is 12.1 Å². The van der Waals surface area contributed by atoms with Crippen molar-refractivity contribution < 1.29 is 14.3 Å². The molecule has 0 unspecified atom stereocenters. The Hall–Kier alpha value is -2.62. The van der Waals surface area contributed by atoms with Crippen molar-refractivity contribution in [2.45, 2.75) is 13.8 Å². The summed E-state index contributed by atoms with van der Waals surface area (Å²) in [5.41, 5.74) is 3.53. The van der Waals surface area contributed by atoms with Crippen LogP contribution in [-0.4, -0.2) is 18.8 Å². The van der Waals surface area contributed by atoms with Crippen molar-refractivity contribution in [2.75, 3.05) is 11.9 Å². The summed E-state index contributed by atoms with van der Waals surface area (Å²) in [4.78, 5) is 22.4. The molecule has 0 bridgehead atoms. The van der Waals surface area contributed by atoms with Gasteiger partial charge in [-0.3, -0.25) is 9.59 Å². The van der Waals surface area contributed by atoms with E-state index in [1.807, 2.05) is 32.0 Å². The van der Waals surface area contributed by atoms with Crippen LogP contribution in [0.2, 0.25) is 0 Å². The van der Waals surface area contributed by atoms with Crippen molar-refractivity contribution in [3.05, 3.63) is 59.2 Å². The molecule has 1 amide bonds. The van der Waals surface area contributed by atoms with Crippen LogP contribution in [0.4, 0.5) is 5.69 Å². The molecule has 2 aromatic carbocycles. The zero-order chi connectivity index (χ0) is 15.2. The van der Waals surface area contributed by atoms with Gasteiger partial charge in [0.25, 0.3) is 5.91 Å². The molecule has 0 atom stereocenters. The molecule has 0 fully saturated rings. The van der Waals surface area contributed by atoms with Crippen molar-refractivity contribution >= 4 is 17.9 Å². The Morgan fingerprint density at radius 2 is 1.86 bits per heavy atom. The van der Waals surface area contributed by atoms with Crippen LogP contribution in [0.15, 0.2) is 42.5 Å². The molecule has 21 heavy (non-hydrogen) atoms. The number of aryl methyl sites for hydroxylation is 1. The quantitative estimate of drug-likeness (QED) is 0.858. The minimum atomic E-state index is -0.219. The van der Waals surface area contributed by atoms with Crippen molar-refractivity contribution in [1.82, 2.24) is 0 Å². The number of rotatable bonds is 5. The second-order valence-corrected chi connectivity index (χ2v) is 4.77. The molecular formula is C17H17NO3. The lowest BCUT2D eigenvalue weighted by Crippen LogP contribution is -2.20. The molecule has 0 aromatic heterocycles. The van der Waals surface area contributed by atoms with Gasteiger partial charge in [-0.25, -0.2) is 0 Å². The van der Waals surface area contributed by atoms with Gasteiger partial charge >= 0.3 is 0 Å². The van der Waals surface area contributed by atoms with E-state index < -0.39 is 0 Å². The Labute approximate surface area is 123 Å². The summed E-state index contributed by atoms with van der Waals surface area (Å²) in [5, 5.41) is 2.82. The molecule has 4 nitrogen and oxygen atoms in total. The largest absolute Gasteiger partial charge is 0.484 e. The Morgan fingerprint density at radius 3 is 2.52 bits per heavy atom. The predicted molar refractivity (Wildman–Crippen MR) is 81.9 cm³/mol. The topological polar surface area (TPSA) is 55.4 Å². The number of hydrogen-bond donors (Lipinski definition) is 1. The maximum atomic E-state index is 11.9. The number of nitrogens with one attached hydrogen (secondary N) is 1. The Morgan fingerprint density at radius 1 is 1.14 bits per heavy atom. The average molecular weight is 283 g/mol. The predicted octanol–water partition coefficient (Wildman–Crippen LogP) is 3.13. The van der Waals surface area contributed by atoms with Crippen molar-refractivity contribution in [3.8, 4) is 5.75 Å². The molecule has 0 spiro atoms. The van der Waals surface area contributed by atoms with E-state index in [1.165, 1.54) is 0 Å². The van der Waals surface area contributed by atoms with E-state index in [0.717, 1.165) is 23.1 Å². The van der Waals surface area contributed by atoms with E-state index in [0.29, 0.717) is 11.3 Å². The number of carbonyl (C=O) groups is 2. The van der Waals surface area contributed by atoms with Gasteiger partial charge in [-0.2, -0.15) is 0 Å². The van der Waals surface area contributed by atoms with Gasteiger partial charge < -0.3 is 10.1 Å². The molecule has 1 N–H and O–H groups in total. The van der Waals surface area contributed by atoms with Gasteiger partial charge in [0.05, 0.1) is 0 Å². The summed E-state index contributed by atoms with van der Waals surface area (Å²) in [6.45, 7) is 3.88. The van der Waals surface area contributed by atoms with E-state index in [9.17, 15) is 9.59 Å². The SMILES string of the molecule is Cc1cccc(NC(=O)COc2ccc(C=O)cc2)c1C. The van der Waals surface area contributed by atoms with Crippen LogP contribution in [0.25, 0.3) is 0 Å². The van der Waals surface area contributed by atoms with Gasteiger partial charge in [0.15, 0.2) is 6.61 Å². The number of carbonyl (C=O) groups excluding carboxylic acids is 2. The standard InChI is InChI=1S/C17H17NO3/c1-12-4-3-5-16(13(12)2)18-17(20)11-21-15-8-6-14(10-19)7-9-15/h3-10H,11H2,1-2H3,(H,18,20). The average Bonchev–Trinajstić information content (AvgIpc) is 2.50. The fraction of sp³-hybridized carbons (Fsp3) is 0.176. The molecule has 0 aliphatic heterocycles. The number of amides is 1. The van der Waals surface area contributed by atoms with Crippen molar-refractivity contribution in [1.29, 1.82) is 0 Å². The van der Waals surface area contributed by atoms with E-state index >= 15 is 0 Å². The van der Waals surface area contributed by atoms with Crippen molar-refractivity contribution in [2.24, 2.45) is 0 Å². The van der Waals surface area contributed by atoms with Gasteiger partial charge in [0.1, 0.15) is 12.0 Å². The molecule has 4 heteroatoms. The fourth-order valence-corrected chi connectivity index (χ4v) is 1.86. The highest BCUT2D eigenvalue weighted by Gasteiger charge is 2.06. The normalized spacial score (nSPS) is 10.0. The molecule has 0 saturated heterocycles. The summed E-state index contributed by atoms with van der Waals surface area (Å²) < 4.78 is 5.38. The lowest BCUT2D eigenvalue weighted by Gasteiger charge is -2.11. The molecule has 0 radical (unpaired) electrons. The first-order valence-electron chi connectivity index (χ1n) is 6.64. The molecule has 2 aromatic rings. The van der Waals surface area contributed by atoms with Crippen LogP contribution in [0, 0.1) is 13.8 Å². The number of benzene rings is 2. The summed E-state index contributed by atoms with van der Waals surface area (Å²) in [6.07, 6.45) is 0.761. The van der Waals surface area contributed by atoms with Crippen LogP contribution >= 0.6 is 0 Å². The molecule has 108 valence electrons. The monoisotopic (exact) mass is 283 g/mol. The summed E-state index contributed by atoms with van der Waals surface area (Å²) in [5.74, 6) is 0.333. The van der Waals surface area contributed by atoms with Crippen molar-refractivity contribution in [3.63, 3.8) is 0 Å². The van der Waals surface area contributed by atoms with Crippen LogP contribution in [-0.2, 0) is 4.79 Å². The maximum absolute atomic E-state index is 11.9. The summed E-state index contributed by atoms with van der Waals surface area (Å²) in [7, 11) is 0. The smallest absolute Gasteiger partial charge is 0.262 e. The molecule has 0 heterocycles. The van der Waals surface area contributed by atoms with E-state index in [1.54, 1.807) is 24.3 Å². The second-order valence-electron chi connectivity index (χ2n) is 4.77. The molecular weight excluding hydrogens is 266 g/mol. The fourth-order valence-electron chi connectivity index (χ4n) is 1.86. The molecule has 0 saturated carbocycles. The van der Waals surface area contributed by atoms with Crippen LogP contribution in [0.3, 0.4) is 0 Å². The van der Waals surface area contributed by atoms with Gasteiger partial charge in [0, 0.05) is 11.3 Å². The highest BCUT2D eigenvalue weighted by atomic mass is 16.5. The van der Waals surface area contributed by atoms with Gasteiger partial charge in [0.2, 0.25) is 0 Å². The molecule has 0 aliphatic rings. The van der Waals surface area contributed by atoms with Gasteiger partial charge in [-0.15, -0.1) is 0 Å². The Bertz CT molecular complexity index is 648. The third kappa shape index (κ3) is 3.92. The lowest BCUT2D eigenvalue weighted by atomic mass is 10.1. The maximum Gasteiger partial charge on any atom is 0.262 e. The van der Waals surface area contributed by atoms with E-state index in [2.05, 4.69) is 5.32 Å². The first-order chi connectivity index (χ1) is 10.1. The van der Waals surface area contributed by atoms with E-state index in [-0.39, 0.29) is 12.5 Å². The van der Waals surface area contributed by atoms with E-state index in [4.69, 9.17) is 4.74 Å². The number of hydrogen-bond acceptors (Lipinski definition) is 3. The minimum Gasteiger partial charge on any atom is -0.484 e. The third-order valence-corrected chi connectivity index (χ3v) is 3.26. The molecule has 0 aliphatic carbocycles. The third-order valence-electron chi connectivity index (χ3n) is 3.26. The Balaban J connectivity index is 1.92. The van der Waals surface area contributed by atoms with Crippen LogP contribution in [0.5, 0.6) is 5.75 Å². The zero-order valence-electron chi connectivity index (χ0n) is 12.1. The zero-order valence-corrected chi connectivity index (χ0v) is 12.1. The number of aldehydes is 1. The number of ether oxygens (including phenoxy) is 1. The Kier molecular flexibility index (Phi) is 4.72. The lowest BCUT2D eigenvalue weighted by molar-refractivity contribution is -0.118. The highest BCUT2D eigenvalue weighted by Crippen LogP contribution is 2.18. The van der Waals surface area contributed by atoms with Crippen LogP contribution in [0.1, 0.15) is 21.5 Å². The number of anilines is 1. The summed E-state index contributed by atoms with van der Waals surface area (Å²) in [6, 6.07) is 12.4. The highest BCUT2D eigenvalue weighted by molar-refractivity contribution is 5.92. The minimum absolute atomic E-state index is 0.0756. The first kappa shape index (κ1) is 14.8.